The van der Waals surface area contributed by atoms with Crippen LogP contribution in [0, 0.1) is 0 Å². The lowest BCUT2D eigenvalue weighted by molar-refractivity contribution is -0.144. The molecule has 0 saturated heterocycles. The molecule has 0 radical (unpaired) electrons. The first kappa shape index (κ1) is 17.5. The predicted octanol–water partition coefficient (Wildman–Crippen LogP) is 2.49. The second-order valence-corrected chi connectivity index (χ2v) is 6.06. The summed E-state index contributed by atoms with van der Waals surface area (Å²) in [5, 5.41) is 12.1. The van der Waals surface area contributed by atoms with E-state index in [-0.39, 0.29) is 11.8 Å². The van der Waals surface area contributed by atoms with E-state index < -0.39 is 18.1 Å². The molecule has 1 amide bonds. The zero-order chi connectivity index (χ0) is 16.8. The molecular weight excluding hydrogens is 294 g/mol. The van der Waals surface area contributed by atoms with E-state index in [0.717, 1.165) is 19.3 Å². The van der Waals surface area contributed by atoms with E-state index in [9.17, 15) is 14.7 Å². The van der Waals surface area contributed by atoms with Crippen LogP contribution in [0.25, 0.3) is 0 Å². The van der Waals surface area contributed by atoms with Gasteiger partial charge in [-0.15, -0.1) is 0 Å². The van der Waals surface area contributed by atoms with Crippen molar-refractivity contribution in [2.75, 3.05) is 7.11 Å². The number of carbonyl (C=O) groups is 2. The molecule has 5 nitrogen and oxygen atoms in total. The molecule has 0 fully saturated rings. The van der Waals surface area contributed by atoms with Gasteiger partial charge in [0.15, 0.2) is 0 Å². The topological polar surface area (TPSA) is 75.6 Å². The average molecular weight is 319 g/mol. The van der Waals surface area contributed by atoms with Gasteiger partial charge in [0.1, 0.15) is 12.1 Å². The van der Waals surface area contributed by atoms with Gasteiger partial charge in [-0.1, -0.05) is 31.2 Å². The number of carboxylic acids is 1. The standard InChI is InChI=1S/C18H25NO4/c1-3-16(23-2)17(20)19-15(18(21)22)11-13-9-6-8-12-7-4-5-10-14(12)13/h4-5,7,10,13,15-16H,3,6,8-9,11H2,1-2H3,(H,19,20)(H,21,22). The Morgan fingerprint density at radius 1 is 1.39 bits per heavy atom. The summed E-state index contributed by atoms with van der Waals surface area (Å²) in [4.78, 5) is 23.7. The summed E-state index contributed by atoms with van der Waals surface area (Å²) in [6.07, 6.45) is 3.38. The first-order chi connectivity index (χ1) is 11.1. The molecule has 23 heavy (non-hydrogen) atoms. The lowest BCUT2D eigenvalue weighted by Gasteiger charge is -2.28. The molecule has 2 N–H and O–H groups in total. The van der Waals surface area contributed by atoms with Gasteiger partial charge < -0.3 is 15.2 Å². The van der Waals surface area contributed by atoms with Crippen LogP contribution in [-0.2, 0) is 20.7 Å². The highest BCUT2D eigenvalue weighted by Crippen LogP contribution is 2.34. The molecular formula is C18H25NO4. The Balaban J connectivity index is 2.09. The average Bonchev–Trinajstić information content (AvgIpc) is 2.55. The van der Waals surface area contributed by atoms with Gasteiger partial charge in [-0.2, -0.15) is 0 Å². The van der Waals surface area contributed by atoms with Gasteiger partial charge in [-0.05, 0) is 49.1 Å². The van der Waals surface area contributed by atoms with Crippen molar-refractivity contribution in [1.29, 1.82) is 0 Å². The number of ether oxygens (including phenoxy) is 1. The van der Waals surface area contributed by atoms with Gasteiger partial charge in [0.05, 0.1) is 0 Å². The lowest BCUT2D eigenvalue weighted by Crippen LogP contribution is -2.46. The Morgan fingerprint density at radius 3 is 2.78 bits per heavy atom. The van der Waals surface area contributed by atoms with E-state index in [4.69, 9.17) is 4.74 Å². The summed E-state index contributed by atoms with van der Waals surface area (Å²) in [6.45, 7) is 1.83. The number of carboxylic acid groups (broad SMARTS) is 1. The molecule has 0 saturated carbocycles. The summed E-state index contributed by atoms with van der Waals surface area (Å²) in [7, 11) is 1.46. The Kier molecular flexibility index (Phi) is 6.16. The summed E-state index contributed by atoms with van der Waals surface area (Å²) >= 11 is 0. The molecule has 0 aromatic heterocycles. The van der Waals surface area contributed by atoms with Crippen molar-refractivity contribution in [1.82, 2.24) is 5.32 Å². The minimum absolute atomic E-state index is 0.170. The van der Waals surface area contributed by atoms with Crippen LogP contribution < -0.4 is 5.32 Å². The van der Waals surface area contributed by atoms with Crippen LogP contribution in [0.15, 0.2) is 24.3 Å². The lowest BCUT2D eigenvalue weighted by atomic mass is 9.79. The number of aliphatic carboxylic acids is 1. The molecule has 0 bridgehead atoms. The van der Waals surface area contributed by atoms with Crippen molar-refractivity contribution in [3.63, 3.8) is 0 Å². The van der Waals surface area contributed by atoms with Crippen molar-refractivity contribution in [3.05, 3.63) is 35.4 Å². The molecule has 0 spiro atoms. The quantitative estimate of drug-likeness (QED) is 0.809. The van der Waals surface area contributed by atoms with E-state index in [1.807, 2.05) is 19.1 Å². The number of fused-ring (bicyclic) bond motifs is 1. The third-order valence-corrected chi connectivity index (χ3v) is 4.58. The second-order valence-electron chi connectivity index (χ2n) is 6.06. The van der Waals surface area contributed by atoms with Crippen LogP contribution >= 0.6 is 0 Å². The number of hydrogen-bond donors (Lipinski definition) is 2. The number of amides is 1. The fourth-order valence-electron chi connectivity index (χ4n) is 3.33. The van der Waals surface area contributed by atoms with Gasteiger partial charge in [0.25, 0.3) is 0 Å². The number of aryl methyl sites for hydroxylation is 1. The number of nitrogens with one attached hydrogen (secondary N) is 1. The fourth-order valence-corrected chi connectivity index (χ4v) is 3.33. The third-order valence-electron chi connectivity index (χ3n) is 4.58. The van der Waals surface area contributed by atoms with E-state index in [1.165, 1.54) is 18.2 Å². The largest absolute Gasteiger partial charge is 0.480 e. The van der Waals surface area contributed by atoms with Gasteiger partial charge in [-0.25, -0.2) is 4.79 Å². The molecule has 2 rings (SSSR count). The summed E-state index contributed by atoms with van der Waals surface area (Å²) in [6, 6.07) is 7.30. The molecule has 1 aliphatic carbocycles. The first-order valence-electron chi connectivity index (χ1n) is 8.20. The van der Waals surface area contributed by atoms with E-state index in [0.29, 0.717) is 12.8 Å². The van der Waals surface area contributed by atoms with Gasteiger partial charge >= 0.3 is 5.97 Å². The maximum atomic E-state index is 12.1. The number of hydrogen-bond acceptors (Lipinski definition) is 3. The number of benzene rings is 1. The van der Waals surface area contributed by atoms with Crippen molar-refractivity contribution < 1.29 is 19.4 Å². The number of methoxy groups -OCH3 is 1. The number of carbonyl (C=O) groups excluding carboxylic acids is 1. The highest BCUT2D eigenvalue weighted by Gasteiger charge is 2.29. The first-order valence-corrected chi connectivity index (χ1v) is 8.20. The van der Waals surface area contributed by atoms with Crippen LogP contribution in [-0.4, -0.2) is 36.2 Å². The molecule has 126 valence electrons. The SMILES string of the molecule is CCC(OC)C(=O)NC(CC1CCCc2ccccc21)C(=O)O. The Hall–Kier alpha value is -1.88. The van der Waals surface area contributed by atoms with E-state index in [1.54, 1.807) is 0 Å². The zero-order valence-electron chi connectivity index (χ0n) is 13.7. The number of rotatable bonds is 7. The predicted molar refractivity (Wildman–Crippen MR) is 87.4 cm³/mol. The minimum atomic E-state index is -0.993. The fraction of sp³-hybridized carbons (Fsp3) is 0.556. The summed E-state index contributed by atoms with van der Waals surface area (Å²) in [5.74, 6) is -1.18. The molecule has 0 heterocycles. The molecule has 0 aliphatic heterocycles. The van der Waals surface area contributed by atoms with Gasteiger partial charge in [-0.3, -0.25) is 4.79 Å². The maximum Gasteiger partial charge on any atom is 0.326 e. The van der Waals surface area contributed by atoms with Crippen LogP contribution in [0.1, 0.15) is 49.7 Å². The maximum absolute atomic E-state index is 12.1. The molecule has 1 aromatic carbocycles. The summed E-state index contributed by atoms with van der Waals surface area (Å²) < 4.78 is 5.08. The van der Waals surface area contributed by atoms with Crippen LogP contribution in [0.4, 0.5) is 0 Å². The van der Waals surface area contributed by atoms with Crippen LogP contribution in [0.3, 0.4) is 0 Å². The monoisotopic (exact) mass is 319 g/mol. The van der Waals surface area contributed by atoms with Crippen molar-refractivity contribution in [2.24, 2.45) is 0 Å². The van der Waals surface area contributed by atoms with Crippen molar-refractivity contribution >= 4 is 11.9 Å². The normalized spacial score (nSPS) is 19.5. The molecule has 5 heteroatoms. The van der Waals surface area contributed by atoms with Crippen molar-refractivity contribution in [2.45, 2.75) is 57.1 Å². The zero-order valence-corrected chi connectivity index (χ0v) is 13.7. The minimum Gasteiger partial charge on any atom is -0.480 e. The van der Waals surface area contributed by atoms with Gasteiger partial charge in [0, 0.05) is 7.11 Å². The van der Waals surface area contributed by atoms with Gasteiger partial charge in [0.2, 0.25) is 5.91 Å². The Bertz CT molecular complexity index is 554. The molecule has 3 atom stereocenters. The Labute approximate surface area is 137 Å². The highest BCUT2D eigenvalue weighted by atomic mass is 16.5. The van der Waals surface area contributed by atoms with E-state index in [2.05, 4.69) is 17.4 Å². The molecule has 1 aliphatic rings. The molecule has 1 aromatic rings. The third kappa shape index (κ3) is 4.32. The summed E-state index contributed by atoms with van der Waals surface area (Å²) in [5.41, 5.74) is 2.51. The smallest absolute Gasteiger partial charge is 0.326 e. The van der Waals surface area contributed by atoms with Crippen LogP contribution in [0.2, 0.25) is 0 Å². The van der Waals surface area contributed by atoms with E-state index >= 15 is 0 Å². The molecule has 3 unspecified atom stereocenters. The Morgan fingerprint density at radius 2 is 2.13 bits per heavy atom. The van der Waals surface area contributed by atoms with Crippen molar-refractivity contribution in [3.8, 4) is 0 Å². The second kappa shape index (κ2) is 8.11. The van der Waals surface area contributed by atoms with Crippen LogP contribution in [0.5, 0.6) is 0 Å². The highest BCUT2D eigenvalue weighted by molar-refractivity contribution is 5.86.